The Morgan fingerprint density at radius 3 is 3.27 bits per heavy atom. The molecule has 2 rings (SSSR count). The smallest absolute Gasteiger partial charge is 0.0809 e. The van der Waals surface area contributed by atoms with E-state index in [0.717, 1.165) is 11.1 Å². The molecular weight excluding hydrogens is 178 g/mol. The van der Waals surface area contributed by atoms with E-state index >= 15 is 0 Å². The molecule has 0 spiro atoms. The lowest BCUT2D eigenvalue weighted by atomic mass is 10.3. The quantitative estimate of drug-likeness (QED) is 0.620. The van der Waals surface area contributed by atoms with Crippen molar-refractivity contribution in [1.29, 1.82) is 0 Å². The summed E-state index contributed by atoms with van der Waals surface area (Å²) in [5.74, 6) is 0.543. The zero-order chi connectivity index (χ0) is 7.68. The van der Waals surface area contributed by atoms with E-state index in [2.05, 4.69) is 11.1 Å². The summed E-state index contributed by atoms with van der Waals surface area (Å²) in [5.41, 5.74) is 2.14. The Kier molecular flexibility index (Phi) is 1.80. The number of rotatable bonds is 1. The number of nitrogens with zero attached hydrogens (tertiary/aromatic N) is 1. The fourth-order valence-electron chi connectivity index (χ4n) is 0.960. The molecule has 0 N–H and O–H groups in total. The summed E-state index contributed by atoms with van der Waals surface area (Å²) >= 11 is 7.35. The van der Waals surface area contributed by atoms with Gasteiger partial charge in [-0.05, 0) is 23.1 Å². The van der Waals surface area contributed by atoms with E-state index in [9.17, 15) is 0 Å². The van der Waals surface area contributed by atoms with Gasteiger partial charge in [-0.25, -0.2) is 0 Å². The molecule has 0 unspecified atom stereocenters. The second-order valence-electron chi connectivity index (χ2n) is 2.28. The third-order valence-electron chi connectivity index (χ3n) is 1.51. The predicted octanol–water partition coefficient (Wildman–Crippen LogP) is 3.04. The summed E-state index contributed by atoms with van der Waals surface area (Å²) in [6.07, 6.45) is 1.82. The third-order valence-corrected chi connectivity index (χ3v) is 2.68. The topological polar surface area (TPSA) is 12.9 Å². The minimum Gasteiger partial charge on any atom is -0.255 e. The van der Waals surface area contributed by atoms with Gasteiger partial charge in [-0.2, -0.15) is 0 Å². The average Bonchev–Trinajstić information content (AvgIpc) is 2.50. The molecule has 3 heteroatoms. The van der Waals surface area contributed by atoms with E-state index in [1.165, 1.54) is 4.70 Å². The first-order chi connectivity index (χ1) is 5.40. The molecule has 0 atom stereocenters. The molecular formula is C8H6ClNS. The number of alkyl halides is 1. The molecule has 0 aliphatic carbocycles. The first kappa shape index (κ1) is 7.07. The highest BCUT2D eigenvalue weighted by Gasteiger charge is 1.96. The number of pyridine rings is 1. The zero-order valence-corrected chi connectivity index (χ0v) is 7.32. The maximum atomic E-state index is 5.66. The number of hydrogen-bond acceptors (Lipinski definition) is 2. The number of thiophene rings is 1. The normalized spacial score (nSPS) is 10.6. The summed E-state index contributed by atoms with van der Waals surface area (Å²) in [7, 11) is 0. The van der Waals surface area contributed by atoms with Crippen molar-refractivity contribution in [3.8, 4) is 0 Å². The summed E-state index contributed by atoms with van der Waals surface area (Å²) < 4.78 is 1.21. The molecule has 0 saturated carbocycles. The van der Waals surface area contributed by atoms with Gasteiger partial charge in [-0.1, -0.05) is 0 Å². The summed E-state index contributed by atoms with van der Waals surface area (Å²) in [6, 6.07) is 4.10. The molecule has 2 aromatic rings. The molecule has 2 heterocycles. The van der Waals surface area contributed by atoms with Gasteiger partial charge in [0.2, 0.25) is 0 Å². The zero-order valence-electron chi connectivity index (χ0n) is 5.75. The number of aromatic nitrogens is 1. The van der Waals surface area contributed by atoms with E-state index in [1.54, 1.807) is 11.3 Å². The molecule has 1 nitrogen and oxygen atoms in total. The van der Waals surface area contributed by atoms with Crippen LogP contribution in [-0.2, 0) is 5.88 Å². The van der Waals surface area contributed by atoms with E-state index in [-0.39, 0.29) is 0 Å². The van der Waals surface area contributed by atoms with Gasteiger partial charge in [0, 0.05) is 12.1 Å². The molecule has 56 valence electrons. The van der Waals surface area contributed by atoms with Gasteiger partial charge in [-0.15, -0.1) is 22.9 Å². The molecule has 0 amide bonds. The molecule has 0 fully saturated rings. The van der Waals surface area contributed by atoms with Crippen LogP contribution < -0.4 is 0 Å². The number of fused-ring (bicyclic) bond motifs is 1. The van der Waals surface area contributed by atoms with Crippen LogP contribution in [0.4, 0.5) is 0 Å². The second-order valence-corrected chi connectivity index (χ2v) is 3.50. The van der Waals surface area contributed by atoms with Crippen LogP contribution in [0.15, 0.2) is 23.7 Å². The minimum absolute atomic E-state index is 0.543. The summed E-state index contributed by atoms with van der Waals surface area (Å²) in [4.78, 5) is 4.24. The Hall–Kier alpha value is -0.600. The molecule has 11 heavy (non-hydrogen) atoms. The third kappa shape index (κ3) is 1.24. The molecule has 0 radical (unpaired) electrons. The molecule has 0 aromatic carbocycles. The molecule has 0 aliphatic rings. The summed E-state index contributed by atoms with van der Waals surface area (Å²) in [6.45, 7) is 0. The van der Waals surface area contributed by atoms with Gasteiger partial charge >= 0.3 is 0 Å². The Balaban J connectivity index is 2.67. The maximum Gasteiger partial charge on any atom is 0.0809 e. The van der Waals surface area contributed by atoms with E-state index in [0.29, 0.717) is 5.88 Å². The Bertz CT molecular complexity index is 369. The van der Waals surface area contributed by atoms with E-state index < -0.39 is 0 Å². The van der Waals surface area contributed by atoms with Crippen LogP contribution in [0.1, 0.15) is 5.56 Å². The SMILES string of the molecule is ClCc1cnc2ccsc2c1. The minimum atomic E-state index is 0.543. The van der Waals surface area contributed by atoms with Crippen molar-refractivity contribution in [3.05, 3.63) is 29.3 Å². The van der Waals surface area contributed by atoms with Crippen molar-refractivity contribution < 1.29 is 0 Å². The number of halogens is 1. The van der Waals surface area contributed by atoms with Gasteiger partial charge < -0.3 is 0 Å². The van der Waals surface area contributed by atoms with Crippen molar-refractivity contribution in [2.24, 2.45) is 0 Å². The highest BCUT2D eigenvalue weighted by Crippen LogP contribution is 2.19. The molecule has 0 bridgehead atoms. The monoisotopic (exact) mass is 183 g/mol. The average molecular weight is 184 g/mol. The lowest BCUT2D eigenvalue weighted by Gasteiger charge is -1.92. The van der Waals surface area contributed by atoms with Gasteiger partial charge in [0.15, 0.2) is 0 Å². The van der Waals surface area contributed by atoms with Crippen molar-refractivity contribution >= 4 is 33.2 Å². The standard InChI is InChI=1S/C8H6ClNS/c9-4-6-3-8-7(10-5-6)1-2-11-8/h1-3,5H,4H2. The van der Waals surface area contributed by atoms with Gasteiger partial charge in [0.1, 0.15) is 0 Å². The van der Waals surface area contributed by atoms with E-state index in [4.69, 9.17) is 11.6 Å². The van der Waals surface area contributed by atoms with Crippen LogP contribution in [0, 0.1) is 0 Å². The molecule has 0 saturated heterocycles. The highest BCUT2D eigenvalue weighted by atomic mass is 35.5. The van der Waals surface area contributed by atoms with Crippen molar-refractivity contribution in [2.45, 2.75) is 5.88 Å². The molecule has 0 aliphatic heterocycles. The van der Waals surface area contributed by atoms with Crippen LogP contribution in [0.3, 0.4) is 0 Å². The fourth-order valence-corrected chi connectivity index (χ4v) is 1.91. The Morgan fingerprint density at radius 1 is 1.55 bits per heavy atom. The highest BCUT2D eigenvalue weighted by molar-refractivity contribution is 7.17. The molecule has 2 aromatic heterocycles. The van der Waals surface area contributed by atoms with Crippen LogP contribution in [0.5, 0.6) is 0 Å². The van der Waals surface area contributed by atoms with Crippen molar-refractivity contribution in [3.63, 3.8) is 0 Å². The van der Waals surface area contributed by atoms with Crippen molar-refractivity contribution in [2.75, 3.05) is 0 Å². The Morgan fingerprint density at radius 2 is 2.45 bits per heavy atom. The predicted molar refractivity (Wildman–Crippen MR) is 49.2 cm³/mol. The summed E-state index contributed by atoms with van der Waals surface area (Å²) in [5, 5.41) is 2.04. The van der Waals surface area contributed by atoms with Gasteiger partial charge in [-0.3, -0.25) is 4.98 Å². The number of hydrogen-bond donors (Lipinski definition) is 0. The first-order valence-corrected chi connectivity index (χ1v) is 4.69. The largest absolute Gasteiger partial charge is 0.255 e. The maximum absolute atomic E-state index is 5.66. The van der Waals surface area contributed by atoms with E-state index in [1.807, 2.05) is 17.6 Å². The first-order valence-electron chi connectivity index (χ1n) is 3.28. The van der Waals surface area contributed by atoms with Gasteiger partial charge in [0.05, 0.1) is 10.2 Å². The van der Waals surface area contributed by atoms with Crippen LogP contribution >= 0.6 is 22.9 Å². The van der Waals surface area contributed by atoms with Crippen LogP contribution in [-0.4, -0.2) is 4.98 Å². The van der Waals surface area contributed by atoms with Crippen LogP contribution in [0.25, 0.3) is 10.2 Å². The lowest BCUT2D eigenvalue weighted by molar-refractivity contribution is 1.31. The fraction of sp³-hybridized carbons (Fsp3) is 0.125. The van der Waals surface area contributed by atoms with Crippen LogP contribution in [0.2, 0.25) is 0 Å². The van der Waals surface area contributed by atoms with Crippen molar-refractivity contribution in [1.82, 2.24) is 4.98 Å². The Labute approximate surface area is 73.6 Å². The lowest BCUT2D eigenvalue weighted by Crippen LogP contribution is -1.78. The second kappa shape index (κ2) is 2.80. The van der Waals surface area contributed by atoms with Gasteiger partial charge in [0.25, 0.3) is 0 Å².